The van der Waals surface area contributed by atoms with Crippen LogP contribution in [0.1, 0.15) is 17.0 Å². The maximum Gasteiger partial charge on any atom is 0.143 e. The molecule has 0 fully saturated rings. The highest BCUT2D eigenvalue weighted by molar-refractivity contribution is 5.42. The van der Waals surface area contributed by atoms with Crippen LogP contribution >= 0.6 is 0 Å². The Labute approximate surface area is 99.5 Å². The summed E-state index contributed by atoms with van der Waals surface area (Å²) in [5.41, 5.74) is 3.91. The molecule has 0 atom stereocenters. The third kappa shape index (κ3) is 2.43. The van der Waals surface area contributed by atoms with Crippen LogP contribution in [-0.2, 0) is 13.6 Å². The average molecular weight is 234 g/mol. The monoisotopic (exact) mass is 234 g/mol. The summed E-state index contributed by atoms with van der Waals surface area (Å²) in [7, 11) is 1.91. The van der Waals surface area contributed by atoms with E-state index in [1.54, 1.807) is 6.20 Å². The highest BCUT2D eigenvalue weighted by Gasteiger charge is 2.08. The van der Waals surface area contributed by atoms with Gasteiger partial charge in [-0.2, -0.15) is 5.10 Å². The molecular weight excluding hydrogens is 219 g/mol. The largest absolute Gasteiger partial charge is 0.379 e. The van der Waals surface area contributed by atoms with E-state index < -0.39 is 0 Å². The highest BCUT2D eigenvalue weighted by Crippen LogP contribution is 2.14. The second-order valence-corrected chi connectivity index (χ2v) is 4.02. The Morgan fingerprint density at radius 3 is 2.71 bits per heavy atom. The first-order valence-corrected chi connectivity index (χ1v) is 5.41. The van der Waals surface area contributed by atoms with E-state index in [2.05, 4.69) is 15.4 Å². The van der Waals surface area contributed by atoms with E-state index >= 15 is 0 Å². The molecule has 17 heavy (non-hydrogen) atoms. The average Bonchev–Trinajstić information content (AvgIpc) is 2.51. The fraction of sp³-hybridized carbons (Fsp3) is 0.333. The third-order valence-electron chi connectivity index (χ3n) is 2.83. The first kappa shape index (κ1) is 11.6. The zero-order valence-corrected chi connectivity index (χ0v) is 10.2. The zero-order valence-electron chi connectivity index (χ0n) is 10.2. The van der Waals surface area contributed by atoms with Crippen LogP contribution in [0.4, 0.5) is 10.1 Å². The summed E-state index contributed by atoms with van der Waals surface area (Å²) in [6.45, 7) is 4.60. The molecule has 4 nitrogen and oxygen atoms in total. The molecule has 0 spiro atoms. The molecular formula is C12H15FN4. The Kier molecular flexibility index (Phi) is 3.08. The molecule has 0 unspecified atom stereocenters. The molecule has 0 aliphatic carbocycles. The van der Waals surface area contributed by atoms with Crippen LogP contribution in [0.25, 0.3) is 0 Å². The van der Waals surface area contributed by atoms with Crippen molar-refractivity contribution >= 4 is 5.69 Å². The van der Waals surface area contributed by atoms with E-state index in [0.29, 0.717) is 12.2 Å². The summed E-state index contributed by atoms with van der Waals surface area (Å²) in [5.74, 6) is -0.338. The number of anilines is 1. The Morgan fingerprint density at radius 1 is 1.35 bits per heavy atom. The number of rotatable bonds is 3. The number of nitrogens with zero attached hydrogens (tertiary/aromatic N) is 3. The Morgan fingerprint density at radius 2 is 2.12 bits per heavy atom. The van der Waals surface area contributed by atoms with Crippen molar-refractivity contribution in [1.82, 2.24) is 14.8 Å². The lowest BCUT2D eigenvalue weighted by molar-refractivity contribution is 0.622. The van der Waals surface area contributed by atoms with E-state index in [4.69, 9.17) is 0 Å². The lowest BCUT2D eigenvalue weighted by atomic mass is 10.2. The summed E-state index contributed by atoms with van der Waals surface area (Å²) < 4.78 is 14.8. The smallest absolute Gasteiger partial charge is 0.143 e. The van der Waals surface area contributed by atoms with Gasteiger partial charge in [0.25, 0.3) is 0 Å². The van der Waals surface area contributed by atoms with Crippen LogP contribution < -0.4 is 5.32 Å². The number of aryl methyl sites for hydroxylation is 2. The normalized spacial score (nSPS) is 10.6. The van der Waals surface area contributed by atoms with Crippen LogP contribution in [0.3, 0.4) is 0 Å². The van der Waals surface area contributed by atoms with Crippen LogP contribution in [-0.4, -0.2) is 14.8 Å². The third-order valence-corrected chi connectivity index (χ3v) is 2.83. The van der Waals surface area contributed by atoms with Gasteiger partial charge in [0.2, 0.25) is 0 Å². The second kappa shape index (κ2) is 4.53. The van der Waals surface area contributed by atoms with Crippen molar-refractivity contribution in [3.05, 3.63) is 41.2 Å². The maximum atomic E-state index is 12.9. The van der Waals surface area contributed by atoms with Crippen molar-refractivity contribution < 1.29 is 4.39 Å². The van der Waals surface area contributed by atoms with Crippen LogP contribution in [0.2, 0.25) is 0 Å². The van der Waals surface area contributed by atoms with Gasteiger partial charge in [-0.1, -0.05) is 0 Å². The fourth-order valence-electron chi connectivity index (χ4n) is 1.77. The number of pyridine rings is 1. The molecule has 90 valence electrons. The van der Waals surface area contributed by atoms with Crippen molar-refractivity contribution in [2.75, 3.05) is 5.32 Å². The molecule has 0 aliphatic rings. The van der Waals surface area contributed by atoms with Gasteiger partial charge < -0.3 is 5.32 Å². The van der Waals surface area contributed by atoms with E-state index in [0.717, 1.165) is 17.0 Å². The van der Waals surface area contributed by atoms with E-state index in [1.165, 1.54) is 12.3 Å². The molecule has 1 N–H and O–H groups in total. The Bertz CT molecular complexity index is 533. The zero-order chi connectivity index (χ0) is 12.4. The summed E-state index contributed by atoms with van der Waals surface area (Å²) in [6.07, 6.45) is 2.79. The van der Waals surface area contributed by atoms with Crippen molar-refractivity contribution in [2.45, 2.75) is 20.4 Å². The minimum absolute atomic E-state index is 0.338. The van der Waals surface area contributed by atoms with Crippen LogP contribution in [0.5, 0.6) is 0 Å². The molecule has 2 aromatic heterocycles. The maximum absolute atomic E-state index is 12.9. The molecule has 0 aliphatic heterocycles. The molecule has 0 amide bonds. The first-order valence-electron chi connectivity index (χ1n) is 5.41. The SMILES string of the molecule is Cc1nn(C)c(C)c1CNc1cncc(F)c1. The van der Waals surface area contributed by atoms with Crippen molar-refractivity contribution in [3.63, 3.8) is 0 Å². The van der Waals surface area contributed by atoms with Gasteiger partial charge in [-0.05, 0) is 13.8 Å². The van der Waals surface area contributed by atoms with E-state index in [9.17, 15) is 4.39 Å². The molecule has 0 saturated heterocycles. The van der Waals surface area contributed by atoms with Gasteiger partial charge in [0.1, 0.15) is 5.82 Å². The van der Waals surface area contributed by atoms with Gasteiger partial charge in [0, 0.05) is 30.9 Å². The number of nitrogens with one attached hydrogen (secondary N) is 1. The summed E-state index contributed by atoms with van der Waals surface area (Å²) in [4.78, 5) is 3.79. The lowest BCUT2D eigenvalue weighted by Crippen LogP contribution is -2.03. The molecule has 5 heteroatoms. The highest BCUT2D eigenvalue weighted by atomic mass is 19.1. The predicted octanol–water partition coefficient (Wildman–Crippen LogP) is 2.18. The lowest BCUT2D eigenvalue weighted by Gasteiger charge is -2.06. The molecule has 0 bridgehead atoms. The van der Waals surface area contributed by atoms with E-state index in [1.807, 2.05) is 25.6 Å². The minimum atomic E-state index is -0.338. The standard InChI is InChI=1S/C12H15FN4/c1-8-12(9(2)17(3)16-8)7-15-11-4-10(13)5-14-6-11/h4-6,15H,7H2,1-3H3. The molecule has 2 heterocycles. The van der Waals surface area contributed by atoms with Gasteiger partial charge in [-0.25, -0.2) is 4.39 Å². The number of aromatic nitrogens is 3. The number of hydrogen-bond donors (Lipinski definition) is 1. The summed E-state index contributed by atoms with van der Waals surface area (Å²) in [5, 5.41) is 7.47. The van der Waals surface area contributed by atoms with Crippen molar-refractivity contribution in [1.29, 1.82) is 0 Å². The van der Waals surface area contributed by atoms with Gasteiger partial charge >= 0.3 is 0 Å². The summed E-state index contributed by atoms with van der Waals surface area (Å²) in [6, 6.07) is 1.42. The Balaban J connectivity index is 2.12. The topological polar surface area (TPSA) is 42.7 Å². The second-order valence-electron chi connectivity index (χ2n) is 4.02. The molecule has 0 aromatic carbocycles. The molecule has 0 radical (unpaired) electrons. The van der Waals surface area contributed by atoms with Gasteiger partial charge in [-0.3, -0.25) is 9.67 Å². The van der Waals surface area contributed by atoms with E-state index in [-0.39, 0.29) is 5.82 Å². The summed E-state index contributed by atoms with van der Waals surface area (Å²) >= 11 is 0. The van der Waals surface area contributed by atoms with Crippen LogP contribution in [0, 0.1) is 19.7 Å². The quantitative estimate of drug-likeness (QED) is 0.885. The Hall–Kier alpha value is -1.91. The first-order chi connectivity index (χ1) is 8.08. The van der Waals surface area contributed by atoms with Crippen molar-refractivity contribution in [3.8, 4) is 0 Å². The molecule has 2 aromatic rings. The van der Waals surface area contributed by atoms with Crippen LogP contribution in [0.15, 0.2) is 18.5 Å². The van der Waals surface area contributed by atoms with Gasteiger partial charge in [0.15, 0.2) is 0 Å². The van der Waals surface area contributed by atoms with Gasteiger partial charge in [-0.15, -0.1) is 0 Å². The number of hydrogen-bond acceptors (Lipinski definition) is 3. The molecule has 0 saturated carbocycles. The van der Waals surface area contributed by atoms with Crippen molar-refractivity contribution in [2.24, 2.45) is 7.05 Å². The predicted molar refractivity (Wildman–Crippen MR) is 64.2 cm³/mol. The fourth-order valence-corrected chi connectivity index (χ4v) is 1.77. The number of halogens is 1. The molecule has 2 rings (SSSR count). The van der Waals surface area contributed by atoms with Gasteiger partial charge in [0.05, 0.1) is 23.8 Å². The minimum Gasteiger partial charge on any atom is -0.379 e.